The van der Waals surface area contributed by atoms with E-state index >= 15 is 0 Å². The lowest BCUT2D eigenvalue weighted by Crippen LogP contribution is -2.68. The summed E-state index contributed by atoms with van der Waals surface area (Å²) in [6.07, 6.45) is -76.7. The molecule has 19 N–H and O–H groups in total. The van der Waals surface area contributed by atoms with Crippen molar-refractivity contribution in [3.63, 3.8) is 0 Å². The van der Waals surface area contributed by atoms with Gasteiger partial charge in [-0.2, -0.15) is 16.8 Å². The molecule has 0 spiro atoms. The standard InChI is InChI=1S/C60H90O39S2/c1-18-7-20(3)52(21(4)8-18)100(80,81)98-50-41(78)48-29(16-66)89-60(50)97-47-28(15-65)88-58(40(77)35(47)72)95-49-30(17-67)90-59(51(42(49)79)99-101(82,83)53-22(5)9-19(2)10-23(53)6)96-46-27(14-64)87-56(39(76)34(46)71)93-44-25(12-62)85-54(37(74)32(44)69)91-43-24(11-61)84-55(36(73)31(43)68)92-45-26(13-63)86-57(94-48)38(75)33(45)70/h7-10,24-51,54-79H,11-17H2,1-6H3/t24-,25-,26-,27-,28-,29-,30-,31-,32-,33-,34-,35-,36-,37-,38-,39-,40-,41+,42+,43-,44-,45-,46-,47-,48-,49-,50-,51-,54-,55-,56-,57-,58-,59-,60-/m1/s1. The fraction of sp³-hybridized carbons (Fsp3) is 0.800. The molecule has 0 saturated carbocycles. The van der Waals surface area contributed by atoms with Crippen molar-refractivity contribution in [2.24, 2.45) is 0 Å². The average Bonchev–Trinajstić information content (AvgIpc) is 0.768. The Kier molecular flexibility index (Phi) is 26.1. The van der Waals surface area contributed by atoms with Crippen LogP contribution in [0.2, 0.25) is 0 Å². The number of hydrogen-bond acceptors (Lipinski definition) is 39. The first-order chi connectivity index (χ1) is 47.7. The molecule has 15 fully saturated rings. The molecule has 101 heavy (non-hydrogen) atoms. The molecule has 15 heterocycles. The van der Waals surface area contributed by atoms with Crippen LogP contribution in [0.3, 0.4) is 0 Å². The van der Waals surface area contributed by atoms with Crippen LogP contribution < -0.4 is 0 Å². The molecule has 0 radical (unpaired) electrons. The summed E-state index contributed by atoms with van der Waals surface area (Å²) in [5.41, 5.74) is 1.72. The minimum Gasteiger partial charge on any atom is -0.394 e. The molecule has 14 bridgehead atoms. The Balaban J connectivity index is 1.03. The first-order valence-corrected chi connectivity index (χ1v) is 35.1. The Morgan fingerprint density at radius 1 is 0.267 bits per heavy atom. The molecule has 2 aromatic carbocycles. The number of ether oxygens (including phenoxy) is 14. The zero-order valence-electron chi connectivity index (χ0n) is 54.9. The Labute approximate surface area is 577 Å². The Morgan fingerprint density at radius 3 is 0.624 bits per heavy atom. The van der Waals surface area contributed by atoms with Crippen LogP contribution >= 0.6 is 0 Å². The molecule has 35 atom stereocenters. The Hall–Kier alpha value is -3.06. The van der Waals surface area contributed by atoms with E-state index in [9.17, 15) is 114 Å². The second kappa shape index (κ2) is 32.8. The van der Waals surface area contributed by atoms with Crippen LogP contribution in [0.4, 0.5) is 0 Å². The molecule has 576 valence electrons. The van der Waals surface area contributed by atoms with E-state index in [1.165, 1.54) is 52.0 Å². The number of benzene rings is 2. The number of fused-ring (bicyclic) bond motifs is 7. The quantitative estimate of drug-likeness (QED) is 0.0828. The van der Waals surface area contributed by atoms with Crippen molar-refractivity contribution in [3.05, 3.63) is 57.6 Å². The lowest BCUT2D eigenvalue weighted by atomic mass is 9.95. The summed E-state index contributed by atoms with van der Waals surface area (Å²) in [6.45, 7) is 0.806. The van der Waals surface area contributed by atoms with E-state index in [0.29, 0.717) is 11.1 Å². The number of aryl methyl sites for hydroxylation is 6. The summed E-state index contributed by atoms with van der Waals surface area (Å²) >= 11 is 0. The molecule has 0 amide bonds. The van der Waals surface area contributed by atoms with Crippen LogP contribution in [-0.4, -0.2) is 375 Å². The highest BCUT2D eigenvalue weighted by Gasteiger charge is 2.61. The lowest BCUT2D eigenvalue weighted by molar-refractivity contribution is -0.396. The molecule has 0 unspecified atom stereocenters. The maximum Gasteiger partial charge on any atom is 0.298 e. The Morgan fingerprint density at radius 2 is 0.436 bits per heavy atom. The maximum absolute atomic E-state index is 14.6. The normalized spacial score (nSPS) is 45.3. The van der Waals surface area contributed by atoms with Gasteiger partial charge in [0.05, 0.1) is 56.0 Å². The van der Waals surface area contributed by atoms with Gasteiger partial charge in [0.2, 0.25) is 0 Å². The minimum atomic E-state index is -5.14. The third-order valence-corrected chi connectivity index (χ3v) is 22.2. The van der Waals surface area contributed by atoms with Gasteiger partial charge in [-0.1, -0.05) is 35.4 Å². The zero-order valence-corrected chi connectivity index (χ0v) is 56.6. The molecular weight excluding hydrogens is 1410 g/mol. The fourth-order valence-electron chi connectivity index (χ4n) is 14.1. The highest BCUT2D eigenvalue weighted by molar-refractivity contribution is 7.87. The van der Waals surface area contributed by atoms with Crippen LogP contribution in [-0.2, 0) is 94.9 Å². The van der Waals surface area contributed by atoms with Gasteiger partial charge in [0.25, 0.3) is 20.2 Å². The predicted molar refractivity (Wildman–Crippen MR) is 322 cm³/mol. The smallest absolute Gasteiger partial charge is 0.298 e. The second-order valence-corrected chi connectivity index (χ2v) is 29.2. The molecule has 15 saturated heterocycles. The van der Waals surface area contributed by atoms with Crippen LogP contribution in [0, 0.1) is 41.5 Å². The molecule has 41 heteroatoms. The number of aliphatic hydroxyl groups excluding tert-OH is 19. The maximum atomic E-state index is 14.6. The van der Waals surface area contributed by atoms with Gasteiger partial charge in [-0.15, -0.1) is 0 Å². The van der Waals surface area contributed by atoms with Crippen molar-refractivity contribution in [1.82, 2.24) is 0 Å². The second-order valence-electron chi connectivity index (χ2n) is 26.2. The van der Waals surface area contributed by atoms with Crippen molar-refractivity contribution in [1.29, 1.82) is 0 Å². The van der Waals surface area contributed by atoms with Crippen LogP contribution in [0.5, 0.6) is 0 Å². The van der Waals surface area contributed by atoms with Crippen molar-refractivity contribution >= 4 is 20.2 Å². The summed E-state index contributed by atoms with van der Waals surface area (Å²) in [7, 11) is -10.3. The van der Waals surface area contributed by atoms with E-state index < -0.39 is 291 Å². The number of rotatable bonds is 13. The SMILES string of the molecule is Cc1cc(C)c(S(=O)(=O)O[C@H]2[C@H]3O[C@H]4[C@H](O)[C@@H](O)[C@@H](O[C@H]5[C@H](O)[C@@H](O)[C@@H](O[C@H]6[C@H](O)[C@@H](O)[C@@H](O[C@H]7[C@H](O)[C@@H](O)[C@@H](O[C@H]8[C@H](O)[C@@H](OS(=O)(=O)c9c(C)cc(C)cc9C)[C@@H](O[C@H]9[C@H](O)[C@@H](O)[C@@H](O[C@@H]([C@@H]2O)[C@@H](CO)O3)O[C@@H]9CO)O[C@@H]8CO)O[C@@H]7CO)O[C@@H]6CO)O[C@@H]5CO)O[C@@H]4CO)c(C)c1. The minimum absolute atomic E-state index is 0.125. The molecule has 39 nitrogen and oxygen atoms in total. The van der Waals surface area contributed by atoms with Gasteiger partial charge >= 0.3 is 0 Å². The monoisotopic (exact) mass is 1500 g/mol. The van der Waals surface area contributed by atoms with Gasteiger partial charge in [-0.25, -0.2) is 0 Å². The first-order valence-electron chi connectivity index (χ1n) is 32.3. The van der Waals surface area contributed by atoms with Gasteiger partial charge in [0.15, 0.2) is 56.2 Å². The zero-order chi connectivity index (χ0) is 73.9. The summed E-state index contributed by atoms with van der Waals surface area (Å²) in [4.78, 5) is -0.878. The highest BCUT2D eigenvalue weighted by Crippen LogP contribution is 2.42. The lowest BCUT2D eigenvalue weighted by Gasteiger charge is -2.50. The molecule has 0 aromatic heterocycles. The van der Waals surface area contributed by atoms with Gasteiger partial charge < -0.3 is 163 Å². The first kappa shape index (κ1) is 80.5. The van der Waals surface area contributed by atoms with E-state index in [2.05, 4.69) is 0 Å². The van der Waals surface area contributed by atoms with E-state index in [4.69, 9.17) is 74.7 Å². The molecule has 15 aliphatic heterocycles. The van der Waals surface area contributed by atoms with Crippen molar-refractivity contribution < 1.29 is 189 Å². The molecule has 15 aliphatic rings. The number of hydrogen-bond donors (Lipinski definition) is 19. The van der Waals surface area contributed by atoms with Crippen molar-refractivity contribution in [2.75, 3.05) is 46.2 Å². The van der Waals surface area contributed by atoms with Crippen LogP contribution in [0.15, 0.2) is 34.1 Å². The summed E-state index contributed by atoms with van der Waals surface area (Å²) < 4.78 is 152. The van der Waals surface area contributed by atoms with E-state index in [0.717, 1.165) is 0 Å². The van der Waals surface area contributed by atoms with Crippen molar-refractivity contribution in [2.45, 2.75) is 266 Å². The third kappa shape index (κ3) is 16.1. The predicted octanol–water partition coefficient (Wildman–Crippen LogP) is -10.6. The highest BCUT2D eigenvalue weighted by atomic mass is 32.2. The van der Waals surface area contributed by atoms with Gasteiger partial charge in [0, 0.05) is 0 Å². The van der Waals surface area contributed by atoms with Gasteiger partial charge in [-0.05, 0) is 63.8 Å². The van der Waals surface area contributed by atoms with Crippen LogP contribution in [0.25, 0.3) is 0 Å². The summed E-state index contributed by atoms with van der Waals surface area (Å²) in [5.74, 6) is 0. The molecule has 2 aromatic rings. The van der Waals surface area contributed by atoms with E-state index in [1.807, 2.05) is 0 Å². The largest absolute Gasteiger partial charge is 0.394 e. The molecule has 17 rings (SSSR count). The van der Waals surface area contributed by atoms with Crippen molar-refractivity contribution in [3.8, 4) is 0 Å². The number of aliphatic hydroxyl groups is 19. The summed E-state index contributed by atoms with van der Waals surface area (Å²) in [6, 6.07) is 5.92. The van der Waals surface area contributed by atoms with Gasteiger partial charge in [0.1, 0.15) is 159 Å². The molecule has 0 aliphatic carbocycles. The van der Waals surface area contributed by atoms with E-state index in [1.54, 1.807) is 13.8 Å². The Bertz CT molecular complexity index is 3180. The third-order valence-electron chi connectivity index (χ3n) is 18.9. The summed E-state index contributed by atoms with van der Waals surface area (Å²) in [5, 5.41) is 217. The van der Waals surface area contributed by atoms with Crippen LogP contribution in [0.1, 0.15) is 33.4 Å². The van der Waals surface area contributed by atoms with E-state index in [-0.39, 0.29) is 22.3 Å². The topological polar surface area (TPSA) is 600 Å². The average molecular weight is 1500 g/mol. The van der Waals surface area contributed by atoms with Gasteiger partial charge in [-0.3, -0.25) is 8.37 Å². The fourth-order valence-corrected chi connectivity index (χ4v) is 17.1. The molecular formula is C60H90O39S2.